The summed E-state index contributed by atoms with van der Waals surface area (Å²) in [5.74, 6) is -2.69. The van der Waals surface area contributed by atoms with E-state index in [1.807, 2.05) is 0 Å². The Morgan fingerprint density at radius 1 is 1.12 bits per heavy atom. The predicted molar refractivity (Wildman–Crippen MR) is 85.7 cm³/mol. The van der Waals surface area contributed by atoms with E-state index in [0.29, 0.717) is 18.4 Å². The van der Waals surface area contributed by atoms with Gasteiger partial charge in [0.25, 0.3) is 0 Å². The summed E-state index contributed by atoms with van der Waals surface area (Å²) >= 11 is 0. The molecular formula is C18H22F3NO3. The van der Waals surface area contributed by atoms with E-state index in [1.165, 1.54) is 0 Å². The first kappa shape index (κ1) is 19.3. The van der Waals surface area contributed by atoms with E-state index in [1.54, 1.807) is 30.3 Å². The highest BCUT2D eigenvalue weighted by Crippen LogP contribution is 2.40. The van der Waals surface area contributed by atoms with E-state index in [0.717, 1.165) is 0 Å². The Labute approximate surface area is 144 Å². The van der Waals surface area contributed by atoms with Crippen molar-refractivity contribution in [2.45, 2.75) is 50.7 Å². The molecule has 4 nitrogen and oxygen atoms in total. The Kier molecular flexibility index (Phi) is 6.45. The van der Waals surface area contributed by atoms with Crippen LogP contribution in [0, 0.1) is 11.8 Å². The lowest BCUT2D eigenvalue weighted by Crippen LogP contribution is -2.33. The molecule has 0 aromatic heterocycles. The molecule has 0 aliphatic heterocycles. The zero-order valence-corrected chi connectivity index (χ0v) is 13.8. The first-order valence-corrected chi connectivity index (χ1v) is 8.38. The fraction of sp³-hybridized carbons (Fsp3) is 0.556. The lowest BCUT2D eigenvalue weighted by atomic mass is 9.80. The van der Waals surface area contributed by atoms with Gasteiger partial charge >= 0.3 is 12.1 Å². The SMILES string of the molecule is O=C(O)CC(NC(=O)CC1CCC(C(F)(F)F)CC1)c1ccccc1. The molecule has 1 unspecified atom stereocenters. The number of rotatable bonds is 6. The van der Waals surface area contributed by atoms with Gasteiger partial charge in [0.2, 0.25) is 5.91 Å². The Balaban J connectivity index is 1.88. The minimum Gasteiger partial charge on any atom is -0.481 e. The van der Waals surface area contributed by atoms with Crippen molar-refractivity contribution in [1.29, 1.82) is 0 Å². The van der Waals surface area contributed by atoms with Crippen LogP contribution in [-0.4, -0.2) is 23.2 Å². The third-order valence-electron chi connectivity index (χ3n) is 4.70. The van der Waals surface area contributed by atoms with Crippen LogP contribution in [0.1, 0.15) is 50.1 Å². The molecule has 7 heteroatoms. The van der Waals surface area contributed by atoms with Gasteiger partial charge in [-0.3, -0.25) is 9.59 Å². The zero-order valence-electron chi connectivity index (χ0n) is 13.8. The zero-order chi connectivity index (χ0) is 18.4. The highest BCUT2D eigenvalue weighted by Gasteiger charge is 2.41. The lowest BCUT2D eigenvalue weighted by Gasteiger charge is -2.29. The van der Waals surface area contributed by atoms with Gasteiger partial charge in [0.1, 0.15) is 0 Å². The van der Waals surface area contributed by atoms with Crippen LogP contribution in [0.25, 0.3) is 0 Å². The number of alkyl halides is 3. The maximum atomic E-state index is 12.7. The molecular weight excluding hydrogens is 335 g/mol. The van der Waals surface area contributed by atoms with E-state index in [-0.39, 0.29) is 37.5 Å². The van der Waals surface area contributed by atoms with Gasteiger partial charge in [0.15, 0.2) is 0 Å². The molecule has 0 heterocycles. The molecule has 1 saturated carbocycles. The average molecular weight is 357 g/mol. The van der Waals surface area contributed by atoms with Crippen LogP contribution in [-0.2, 0) is 9.59 Å². The summed E-state index contributed by atoms with van der Waals surface area (Å²) in [6, 6.07) is 8.15. The number of carboxylic acids is 1. The van der Waals surface area contributed by atoms with Gasteiger partial charge in [-0.1, -0.05) is 30.3 Å². The molecule has 1 aliphatic carbocycles. The maximum Gasteiger partial charge on any atom is 0.391 e. The minimum absolute atomic E-state index is 0.0543. The second-order valence-corrected chi connectivity index (χ2v) is 6.59. The van der Waals surface area contributed by atoms with Crippen molar-refractivity contribution < 1.29 is 27.9 Å². The van der Waals surface area contributed by atoms with Crippen LogP contribution >= 0.6 is 0 Å². The van der Waals surface area contributed by atoms with Crippen LogP contribution in [0.4, 0.5) is 13.2 Å². The summed E-state index contributed by atoms with van der Waals surface area (Å²) in [7, 11) is 0. The van der Waals surface area contributed by atoms with Crippen molar-refractivity contribution in [3.63, 3.8) is 0 Å². The van der Waals surface area contributed by atoms with Crippen molar-refractivity contribution in [1.82, 2.24) is 5.32 Å². The van der Waals surface area contributed by atoms with Crippen molar-refractivity contribution in [2.24, 2.45) is 11.8 Å². The van der Waals surface area contributed by atoms with E-state index in [4.69, 9.17) is 5.11 Å². The fourth-order valence-electron chi connectivity index (χ4n) is 3.32. The largest absolute Gasteiger partial charge is 0.481 e. The van der Waals surface area contributed by atoms with Crippen molar-refractivity contribution in [3.05, 3.63) is 35.9 Å². The quantitative estimate of drug-likeness (QED) is 0.806. The highest BCUT2D eigenvalue weighted by atomic mass is 19.4. The molecule has 25 heavy (non-hydrogen) atoms. The predicted octanol–water partition coefficient (Wildman–Crippen LogP) is 4.08. The molecule has 1 aromatic rings. The monoisotopic (exact) mass is 357 g/mol. The fourth-order valence-corrected chi connectivity index (χ4v) is 3.32. The number of carbonyl (C=O) groups is 2. The smallest absolute Gasteiger partial charge is 0.391 e. The first-order valence-electron chi connectivity index (χ1n) is 8.38. The second-order valence-electron chi connectivity index (χ2n) is 6.59. The molecule has 0 saturated heterocycles. The molecule has 0 radical (unpaired) electrons. The third-order valence-corrected chi connectivity index (χ3v) is 4.70. The van der Waals surface area contributed by atoms with E-state index < -0.39 is 24.1 Å². The number of hydrogen-bond donors (Lipinski definition) is 2. The number of halogens is 3. The summed E-state index contributed by atoms with van der Waals surface area (Å²) in [5, 5.41) is 11.7. The van der Waals surface area contributed by atoms with Crippen LogP contribution in [0.5, 0.6) is 0 Å². The topological polar surface area (TPSA) is 66.4 Å². The number of amides is 1. The van der Waals surface area contributed by atoms with Gasteiger partial charge in [-0.25, -0.2) is 0 Å². The van der Waals surface area contributed by atoms with E-state index in [9.17, 15) is 22.8 Å². The van der Waals surface area contributed by atoms with Gasteiger partial charge < -0.3 is 10.4 Å². The molecule has 1 aliphatic rings. The van der Waals surface area contributed by atoms with Crippen molar-refractivity contribution in [2.75, 3.05) is 0 Å². The number of hydrogen-bond acceptors (Lipinski definition) is 2. The van der Waals surface area contributed by atoms with Gasteiger partial charge in [-0.15, -0.1) is 0 Å². The molecule has 2 rings (SSSR count). The number of benzene rings is 1. The molecule has 0 spiro atoms. The Hall–Kier alpha value is -2.05. The standard InChI is InChI=1S/C18H22F3NO3/c19-18(20,21)14-8-6-12(7-9-14)10-16(23)22-15(11-17(24)25)13-4-2-1-3-5-13/h1-5,12,14-15H,6-11H2,(H,22,23)(H,24,25). The van der Waals surface area contributed by atoms with E-state index in [2.05, 4.69) is 5.32 Å². The molecule has 0 bridgehead atoms. The van der Waals surface area contributed by atoms with Crippen LogP contribution in [0.15, 0.2) is 30.3 Å². The lowest BCUT2D eigenvalue weighted by molar-refractivity contribution is -0.184. The molecule has 1 atom stereocenters. The van der Waals surface area contributed by atoms with Crippen molar-refractivity contribution in [3.8, 4) is 0 Å². The Morgan fingerprint density at radius 3 is 2.24 bits per heavy atom. The van der Waals surface area contributed by atoms with Gasteiger partial charge in [-0.05, 0) is 37.2 Å². The van der Waals surface area contributed by atoms with Gasteiger partial charge in [-0.2, -0.15) is 13.2 Å². The molecule has 138 valence electrons. The van der Waals surface area contributed by atoms with Crippen LogP contribution in [0.2, 0.25) is 0 Å². The molecule has 2 N–H and O–H groups in total. The number of aliphatic carboxylic acids is 1. The average Bonchev–Trinajstić information content (AvgIpc) is 2.54. The summed E-state index contributed by atoms with van der Waals surface area (Å²) in [4.78, 5) is 23.3. The number of carboxylic acid groups (broad SMARTS) is 1. The molecule has 1 aromatic carbocycles. The molecule has 1 fully saturated rings. The molecule has 1 amide bonds. The Morgan fingerprint density at radius 2 is 1.72 bits per heavy atom. The van der Waals surface area contributed by atoms with Crippen LogP contribution in [0.3, 0.4) is 0 Å². The summed E-state index contributed by atoms with van der Waals surface area (Å²) in [6.07, 6.45) is -3.42. The Bertz CT molecular complexity index is 581. The normalized spacial score (nSPS) is 22.2. The van der Waals surface area contributed by atoms with Crippen molar-refractivity contribution >= 4 is 11.9 Å². The van der Waals surface area contributed by atoms with Gasteiger partial charge in [0.05, 0.1) is 18.4 Å². The minimum atomic E-state index is -4.16. The highest BCUT2D eigenvalue weighted by molar-refractivity contribution is 5.78. The summed E-state index contributed by atoms with van der Waals surface area (Å²) in [5.41, 5.74) is 0.694. The second kappa shape index (κ2) is 8.36. The number of carbonyl (C=O) groups excluding carboxylic acids is 1. The van der Waals surface area contributed by atoms with E-state index >= 15 is 0 Å². The number of nitrogens with one attached hydrogen (secondary N) is 1. The summed E-state index contributed by atoms with van der Waals surface area (Å²) < 4.78 is 38.0. The summed E-state index contributed by atoms with van der Waals surface area (Å²) in [6.45, 7) is 0. The van der Waals surface area contributed by atoms with Gasteiger partial charge in [0, 0.05) is 6.42 Å². The van der Waals surface area contributed by atoms with Crippen LogP contribution < -0.4 is 5.32 Å². The first-order chi connectivity index (χ1) is 11.8. The third kappa shape index (κ3) is 6.07. The maximum absolute atomic E-state index is 12.7.